The quantitative estimate of drug-likeness (QED) is 0.398. The van der Waals surface area contributed by atoms with E-state index in [0.717, 1.165) is 23.2 Å². The maximum absolute atomic E-state index is 13.1. The minimum atomic E-state index is -0.432. The summed E-state index contributed by atoms with van der Waals surface area (Å²) < 4.78 is 22.7. The lowest BCUT2D eigenvalue weighted by Gasteiger charge is -2.29. The van der Waals surface area contributed by atoms with Gasteiger partial charge in [-0.2, -0.15) is 0 Å². The van der Waals surface area contributed by atoms with Gasteiger partial charge in [0.1, 0.15) is 29.6 Å². The Kier molecular flexibility index (Phi) is 5.52. The van der Waals surface area contributed by atoms with Crippen molar-refractivity contribution in [1.82, 2.24) is 4.90 Å². The lowest BCUT2D eigenvalue weighted by Crippen LogP contribution is -2.31. The first-order valence-electron chi connectivity index (χ1n) is 10.8. The monoisotopic (exact) mass is 443 g/mol. The van der Waals surface area contributed by atoms with Crippen molar-refractivity contribution >= 4 is 11.0 Å². The molecule has 6 nitrogen and oxygen atoms in total. The Bertz CT molecular complexity index is 1370. The molecule has 0 saturated heterocycles. The third-order valence-electron chi connectivity index (χ3n) is 5.97. The van der Waals surface area contributed by atoms with Crippen molar-refractivity contribution < 1.29 is 18.6 Å². The van der Waals surface area contributed by atoms with Gasteiger partial charge in [-0.15, -0.1) is 0 Å². The molecule has 0 saturated carbocycles. The second kappa shape index (κ2) is 8.64. The summed E-state index contributed by atoms with van der Waals surface area (Å²) in [6.07, 6.45) is 0. The summed E-state index contributed by atoms with van der Waals surface area (Å²) >= 11 is 0. The molecule has 0 fully saturated rings. The summed E-state index contributed by atoms with van der Waals surface area (Å²) in [4.78, 5) is 15.3. The van der Waals surface area contributed by atoms with Crippen molar-refractivity contribution in [3.05, 3.63) is 87.8 Å². The van der Waals surface area contributed by atoms with Crippen LogP contribution in [0.1, 0.15) is 16.7 Å². The first kappa shape index (κ1) is 21.1. The fraction of sp³-hybridized carbons (Fsp3) is 0.222. The zero-order valence-corrected chi connectivity index (χ0v) is 18.9. The highest BCUT2D eigenvalue weighted by Gasteiger charge is 2.23. The van der Waals surface area contributed by atoms with Crippen molar-refractivity contribution in [2.45, 2.75) is 20.0 Å². The van der Waals surface area contributed by atoms with Crippen molar-refractivity contribution in [2.75, 3.05) is 21.0 Å². The molecule has 0 amide bonds. The molecule has 0 atom stereocenters. The molecule has 5 rings (SSSR count). The molecule has 0 spiro atoms. The number of ether oxygens (including phenoxy) is 3. The van der Waals surface area contributed by atoms with Gasteiger partial charge in [0.25, 0.3) is 0 Å². The van der Waals surface area contributed by atoms with Gasteiger partial charge in [0.15, 0.2) is 0 Å². The Labute approximate surface area is 191 Å². The van der Waals surface area contributed by atoms with E-state index in [1.54, 1.807) is 32.4 Å². The molecule has 0 N–H and O–H groups in total. The first-order valence-corrected chi connectivity index (χ1v) is 10.8. The van der Waals surface area contributed by atoms with Gasteiger partial charge < -0.3 is 18.6 Å². The van der Waals surface area contributed by atoms with Crippen molar-refractivity contribution in [1.29, 1.82) is 0 Å². The van der Waals surface area contributed by atoms with Crippen LogP contribution in [-0.4, -0.2) is 25.9 Å². The number of fused-ring (bicyclic) bond motifs is 3. The third-order valence-corrected chi connectivity index (χ3v) is 5.97. The molecule has 1 aromatic heterocycles. The summed E-state index contributed by atoms with van der Waals surface area (Å²) in [5.41, 5.74) is 4.49. The molecule has 0 unspecified atom stereocenters. The zero-order valence-electron chi connectivity index (χ0n) is 18.9. The standard InChI is InChI=1S/C27H25NO5/c1-17-4-6-18(7-5-17)14-28-15-23-25(32-16-28)10-8-19-12-22(27(29)33-26(19)23)21-13-20(30-2)9-11-24(21)31-3/h4-13H,14-16H2,1-3H3. The second-order valence-corrected chi connectivity index (χ2v) is 8.22. The summed E-state index contributed by atoms with van der Waals surface area (Å²) in [5, 5.41) is 0.828. The lowest BCUT2D eigenvalue weighted by atomic mass is 10.0. The van der Waals surface area contributed by atoms with Crippen LogP contribution in [0.3, 0.4) is 0 Å². The smallest absolute Gasteiger partial charge is 0.344 e. The fourth-order valence-corrected chi connectivity index (χ4v) is 4.20. The van der Waals surface area contributed by atoms with Crippen LogP contribution < -0.4 is 19.8 Å². The first-order chi connectivity index (χ1) is 16.1. The zero-order chi connectivity index (χ0) is 22.9. The van der Waals surface area contributed by atoms with Crippen molar-refractivity contribution in [3.8, 4) is 28.4 Å². The van der Waals surface area contributed by atoms with Crippen molar-refractivity contribution in [2.24, 2.45) is 0 Å². The molecular formula is C27H25NO5. The molecule has 0 aliphatic carbocycles. The molecule has 33 heavy (non-hydrogen) atoms. The van der Waals surface area contributed by atoms with E-state index in [0.29, 0.717) is 41.5 Å². The summed E-state index contributed by atoms with van der Waals surface area (Å²) in [6, 6.07) is 19.5. The Morgan fingerprint density at radius 3 is 2.52 bits per heavy atom. The van der Waals surface area contributed by atoms with Gasteiger partial charge in [0, 0.05) is 24.0 Å². The predicted molar refractivity (Wildman–Crippen MR) is 127 cm³/mol. The molecule has 4 aromatic rings. The van der Waals surface area contributed by atoms with Crippen LogP contribution in [0, 0.1) is 6.92 Å². The number of benzene rings is 3. The van der Waals surface area contributed by atoms with E-state index < -0.39 is 5.63 Å². The van der Waals surface area contributed by atoms with Crippen LogP contribution >= 0.6 is 0 Å². The van der Waals surface area contributed by atoms with Crippen LogP contribution in [0.2, 0.25) is 0 Å². The van der Waals surface area contributed by atoms with Gasteiger partial charge in [-0.1, -0.05) is 29.8 Å². The summed E-state index contributed by atoms with van der Waals surface area (Å²) in [5.74, 6) is 1.96. The Balaban J connectivity index is 1.53. The predicted octanol–water partition coefficient (Wildman–Crippen LogP) is 5.14. The highest BCUT2D eigenvalue weighted by atomic mass is 16.5. The maximum Gasteiger partial charge on any atom is 0.344 e. The topological polar surface area (TPSA) is 61.1 Å². The number of methoxy groups -OCH3 is 2. The van der Waals surface area contributed by atoms with E-state index in [1.165, 1.54) is 11.1 Å². The van der Waals surface area contributed by atoms with Gasteiger partial charge >= 0.3 is 5.63 Å². The minimum Gasteiger partial charge on any atom is -0.497 e. The van der Waals surface area contributed by atoms with Gasteiger partial charge in [0.2, 0.25) is 0 Å². The molecule has 3 aromatic carbocycles. The molecule has 1 aliphatic rings. The molecule has 2 heterocycles. The minimum absolute atomic E-state index is 0.423. The summed E-state index contributed by atoms with van der Waals surface area (Å²) in [7, 11) is 3.16. The van der Waals surface area contributed by atoms with Crippen LogP contribution in [-0.2, 0) is 13.1 Å². The largest absolute Gasteiger partial charge is 0.497 e. The average molecular weight is 443 g/mol. The number of rotatable bonds is 5. The van der Waals surface area contributed by atoms with Gasteiger partial charge in [-0.3, -0.25) is 4.90 Å². The molecule has 6 heteroatoms. The van der Waals surface area contributed by atoms with Gasteiger partial charge in [0.05, 0.1) is 25.3 Å². The van der Waals surface area contributed by atoms with Gasteiger partial charge in [-0.25, -0.2) is 4.79 Å². The van der Waals surface area contributed by atoms with E-state index in [-0.39, 0.29) is 0 Å². The highest BCUT2D eigenvalue weighted by molar-refractivity contribution is 5.87. The van der Waals surface area contributed by atoms with E-state index in [1.807, 2.05) is 18.2 Å². The van der Waals surface area contributed by atoms with Crippen LogP contribution in [0.5, 0.6) is 17.2 Å². The highest BCUT2D eigenvalue weighted by Crippen LogP contribution is 2.36. The van der Waals surface area contributed by atoms with E-state index in [9.17, 15) is 4.79 Å². The van der Waals surface area contributed by atoms with Crippen LogP contribution in [0.15, 0.2) is 69.9 Å². The van der Waals surface area contributed by atoms with Crippen LogP contribution in [0.25, 0.3) is 22.1 Å². The SMILES string of the molecule is COc1ccc(OC)c(-c2cc3ccc4c(c3oc2=O)CN(Cc2ccc(C)cc2)CO4)c1. The normalized spacial score (nSPS) is 13.4. The van der Waals surface area contributed by atoms with Crippen LogP contribution in [0.4, 0.5) is 0 Å². The molecule has 0 radical (unpaired) electrons. The maximum atomic E-state index is 13.1. The number of hydrogen-bond acceptors (Lipinski definition) is 6. The van der Waals surface area contributed by atoms with E-state index >= 15 is 0 Å². The molecule has 1 aliphatic heterocycles. The Morgan fingerprint density at radius 2 is 1.76 bits per heavy atom. The average Bonchev–Trinajstić information content (AvgIpc) is 2.84. The number of hydrogen-bond donors (Lipinski definition) is 0. The van der Waals surface area contributed by atoms with E-state index in [4.69, 9.17) is 18.6 Å². The molecular weight excluding hydrogens is 418 g/mol. The molecule has 168 valence electrons. The van der Waals surface area contributed by atoms with Crippen molar-refractivity contribution in [3.63, 3.8) is 0 Å². The third kappa shape index (κ3) is 4.05. The number of aryl methyl sites for hydroxylation is 1. The second-order valence-electron chi connectivity index (χ2n) is 8.22. The number of nitrogens with zero attached hydrogens (tertiary/aromatic N) is 1. The fourth-order valence-electron chi connectivity index (χ4n) is 4.20. The lowest BCUT2D eigenvalue weighted by molar-refractivity contribution is 0.0890. The Hall–Kier alpha value is -3.77. The molecule has 0 bridgehead atoms. The summed E-state index contributed by atoms with van der Waals surface area (Å²) in [6.45, 7) is 3.94. The Morgan fingerprint density at radius 1 is 0.939 bits per heavy atom. The van der Waals surface area contributed by atoms with Gasteiger partial charge in [-0.05, 0) is 48.9 Å². The van der Waals surface area contributed by atoms with E-state index in [2.05, 4.69) is 36.1 Å².